The summed E-state index contributed by atoms with van der Waals surface area (Å²) in [7, 11) is -3.68. The van der Waals surface area contributed by atoms with Crippen LogP contribution in [0.5, 0.6) is 0 Å². The third-order valence-corrected chi connectivity index (χ3v) is 5.76. The molecule has 2 atom stereocenters. The van der Waals surface area contributed by atoms with Gasteiger partial charge in [-0.15, -0.1) is 12.4 Å². The minimum Gasteiger partial charge on any atom is -0.328 e. The molecule has 7 nitrogen and oxygen atoms in total. The van der Waals surface area contributed by atoms with Gasteiger partial charge in [-0.2, -0.15) is 0 Å². The second kappa shape index (κ2) is 8.16. The number of amides is 1. The van der Waals surface area contributed by atoms with Gasteiger partial charge in [0.25, 0.3) is 10.0 Å². The summed E-state index contributed by atoms with van der Waals surface area (Å²) in [5.41, 5.74) is 6.31. The van der Waals surface area contributed by atoms with Gasteiger partial charge >= 0.3 is 0 Å². The van der Waals surface area contributed by atoms with Gasteiger partial charge in [0.15, 0.2) is 0 Å². The highest BCUT2D eigenvalue weighted by Gasteiger charge is 2.28. The zero-order valence-corrected chi connectivity index (χ0v) is 15.4. The number of hydrogen-bond donors (Lipinski definition) is 3. The molecule has 1 saturated carbocycles. The minimum atomic E-state index is -3.68. The van der Waals surface area contributed by atoms with Crippen molar-refractivity contribution in [3.05, 3.63) is 24.3 Å². The topological polar surface area (TPSA) is 114 Å². The van der Waals surface area contributed by atoms with E-state index in [9.17, 15) is 13.2 Å². The van der Waals surface area contributed by atoms with Crippen molar-refractivity contribution in [1.82, 2.24) is 4.72 Å². The molecule has 3 rings (SSSR count). The van der Waals surface area contributed by atoms with E-state index < -0.39 is 10.0 Å². The highest BCUT2D eigenvalue weighted by atomic mass is 35.5. The fourth-order valence-corrected chi connectivity index (χ4v) is 4.21. The summed E-state index contributed by atoms with van der Waals surface area (Å²) in [5, 5.41) is 2.79. The number of anilines is 1. The number of nitrogens with two attached hydrogens (primary N) is 1. The normalized spacial score (nSPS) is 22.8. The van der Waals surface area contributed by atoms with Gasteiger partial charge in [-0.3, -0.25) is 14.5 Å². The Bertz CT molecular complexity index is 766. The first kappa shape index (κ1) is 19.7. The Morgan fingerprint density at radius 2 is 2.08 bits per heavy atom. The van der Waals surface area contributed by atoms with E-state index in [0.29, 0.717) is 30.9 Å². The zero-order chi connectivity index (χ0) is 17.2. The summed E-state index contributed by atoms with van der Waals surface area (Å²) in [4.78, 5) is 16.5. The molecule has 0 aromatic heterocycles. The molecule has 1 aliphatic carbocycles. The number of hydrogen-bond acceptors (Lipinski definition) is 5. The summed E-state index contributed by atoms with van der Waals surface area (Å²) in [6, 6.07) is 6.33. The van der Waals surface area contributed by atoms with E-state index in [-0.39, 0.29) is 35.2 Å². The van der Waals surface area contributed by atoms with Gasteiger partial charge in [0, 0.05) is 30.6 Å². The molecule has 4 N–H and O–H groups in total. The Morgan fingerprint density at radius 3 is 2.72 bits per heavy atom. The highest BCUT2D eigenvalue weighted by molar-refractivity contribution is 7.90. The van der Waals surface area contributed by atoms with Crippen molar-refractivity contribution in [1.29, 1.82) is 0 Å². The van der Waals surface area contributed by atoms with Crippen LogP contribution in [0, 0.1) is 5.92 Å². The van der Waals surface area contributed by atoms with E-state index >= 15 is 0 Å². The van der Waals surface area contributed by atoms with Crippen LogP contribution in [-0.4, -0.2) is 32.7 Å². The average molecular weight is 387 g/mol. The van der Waals surface area contributed by atoms with Crippen molar-refractivity contribution >= 4 is 39.9 Å². The molecule has 0 spiro atoms. The number of rotatable bonds is 4. The smallest absolute Gasteiger partial charge is 0.262 e. The molecule has 138 valence electrons. The lowest BCUT2D eigenvalue weighted by atomic mass is 10.1. The molecule has 2 aliphatic rings. The summed E-state index contributed by atoms with van der Waals surface area (Å²) < 4.78 is 27.3. The molecule has 2 unspecified atom stereocenters. The first-order valence-corrected chi connectivity index (χ1v) is 9.65. The monoisotopic (exact) mass is 386 g/mol. The van der Waals surface area contributed by atoms with Gasteiger partial charge in [-0.05, 0) is 43.9 Å². The number of amidine groups is 1. The summed E-state index contributed by atoms with van der Waals surface area (Å²) >= 11 is 0. The van der Waals surface area contributed by atoms with Gasteiger partial charge in [0.05, 0.1) is 4.90 Å². The van der Waals surface area contributed by atoms with Gasteiger partial charge < -0.3 is 11.1 Å². The molecule has 1 aromatic carbocycles. The van der Waals surface area contributed by atoms with Crippen LogP contribution in [-0.2, 0) is 14.8 Å². The number of nitrogens with one attached hydrogen (secondary N) is 2. The first-order valence-electron chi connectivity index (χ1n) is 8.17. The van der Waals surface area contributed by atoms with Crippen molar-refractivity contribution in [2.75, 3.05) is 11.9 Å². The minimum absolute atomic E-state index is 0. The van der Waals surface area contributed by atoms with E-state index in [0.717, 1.165) is 19.3 Å². The van der Waals surface area contributed by atoms with E-state index in [1.807, 2.05) is 0 Å². The third kappa shape index (κ3) is 4.93. The predicted molar refractivity (Wildman–Crippen MR) is 99.5 cm³/mol. The average Bonchev–Trinajstić information content (AvgIpc) is 3.19. The largest absolute Gasteiger partial charge is 0.328 e. The molecule has 0 radical (unpaired) electrons. The van der Waals surface area contributed by atoms with Crippen LogP contribution in [0.2, 0.25) is 0 Å². The summed E-state index contributed by atoms with van der Waals surface area (Å²) in [5.74, 6) is 0.279. The van der Waals surface area contributed by atoms with Crippen molar-refractivity contribution in [3.63, 3.8) is 0 Å². The van der Waals surface area contributed by atoms with Crippen molar-refractivity contribution < 1.29 is 13.2 Å². The third-order valence-electron chi connectivity index (χ3n) is 4.38. The fourth-order valence-electron chi connectivity index (χ4n) is 3.08. The molecule has 1 aliphatic heterocycles. The van der Waals surface area contributed by atoms with Crippen LogP contribution in [0.4, 0.5) is 5.69 Å². The van der Waals surface area contributed by atoms with Crippen LogP contribution in [0.1, 0.15) is 32.1 Å². The molecule has 1 heterocycles. The summed E-state index contributed by atoms with van der Waals surface area (Å²) in [6.07, 6.45) is 3.78. The van der Waals surface area contributed by atoms with E-state index in [4.69, 9.17) is 5.73 Å². The SMILES string of the molecule is Cl.NC1CCC(C(=O)Nc2cccc(S(=O)(=O)NC3=NCCC3)c2)C1. The molecule has 1 fully saturated rings. The molecule has 1 amide bonds. The number of sulfonamides is 1. The molecule has 1 aromatic rings. The summed E-state index contributed by atoms with van der Waals surface area (Å²) in [6.45, 7) is 0.650. The Hall–Kier alpha value is -1.64. The highest BCUT2D eigenvalue weighted by Crippen LogP contribution is 2.26. The van der Waals surface area contributed by atoms with Crippen molar-refractivity contribution in [3.8, 4) is 0 Å². The predicted octanol–water partition coefficient (Wildman–Crippen LogP) is 1.64. The second-order valence-electron chi connectivity index (χ2n) is 6.32. The number of aliphatic imine (C=N–C) groups is 1. The fraction of sp³-hybridized carbons (Fsp3) is 0.500. The van der Waals surface area contributed by atoms with Crippen molar-refractivity contribution in [2.45, 2.75) is 43.0 Å². The lowest BCUT2D eigenvalue weighted by Crippen LogP contribution is -2.29. The standard InChI is InChI=1S/C16H22N4O3S.ClH/c17-12-7-6-11(9-12)16(21)19-13-3-1-4-14(10-13)24(22,23)20-15-5-2-8-18-15;/h1,3-4,10-12H,2,5-9,17H2,(H,18,20)(H,19,21);1H. The molecule has 9 heteroatoms. The Kier molecular flexibility index (Phi) is 6.42. The number of carbonyl (C=O) groups is 1. The van der Waals surface area contributed by atoms with E-state index in [1.165, 1.54) is 12.1 Å². The van der Waals surface area contributed by atoms with Crippen LogP contribution in [0.3, 0.4) is 0 Å². The van der Waals surface area contributed by atoms with Crippen molar-refractivity contribution in [2.24, 2.45) is 16.6 Å². The van der Waals surface area contributed by atoms with Gasteiger partial charge in [0.1, 0.15) is 5.84 Å². The van der Waals surface area contributed by atoms with E-state index in [1.54, 1.807) is 12.1 Å². The number of benzene rings is 1. The van der Waals surface area contributed by atoms with E-state index in [2.05, 4.69) is 15.0 Å². The maximum atomic E-state index is 12.4. The molecule has 0 bridgehead atoms. The number of halogens is 1. The van der Waals surface area contributed by atoms with Crippen LogP contribution in [0.25, 0.3) is 0 Å². The number of carbonyl (C=O) groups excluding carboxylic acids is 1. The molecule has 0 saturated heterocycles. The first-order chi connectivity index (χ1) is 11.4. The van der Waals surface area contributed by atoms with Crippen LogP contribution < -0.4 is 15.8 Å². The van der Waals surface area contributed by atoms with Crippen LogP contribution >= 0.6 is 12.4 Å². The maximum absolute atomic E-state index is 12.4. The molecular weight excluding hydrogens is 364 g/mol. The number of nitrogens with zero attached hydrogens (tertiary/aromatic N) is 1. The maximum Gasteiger partial charge on any atom is 0.262 e. The zero-order valence-electron chi connectivity index (χ0n) is 13.8. The molecule has 25 heavy (non-hydrogen) atoms. The second-order valence-corrected chi connectivity index (χ2v) is 8.01. The van der Waals surface area contributed by atoms with Gasteiger partial charge in [0.2, 0.25) is 5.91 Å². The van der Waals surface area contributed by atoms with Gasteiger partial charge in [-0.1, -0.05) is 6.07 Å². The Balaban J connectivity index is 0.00000225. The lowest BCUT2D eigenvalue weighted by molar-refractivity contribution is -0.119. The lowest BCUT2D eigenvalue weighted by Gasteiger charge is -2.12. The Morgan fingerprint density at radius 1 is 1.28 bits per heavy atom. The molecular formula is C16H23ClN4O3S. The van der Waals surface area contributed by atoms with Gasteiger partial charge in [-0.25, -0.2) is 8.42 Å². The quantitative estimate of drug-likeness (QED) is 0.729. The van der Waals surface area contributed by atoms with Crippen LogP contribution in [0.15, 0.2) is 34.2 Å². The Labute approximate surface area is 153 Å².